The minimum absolute atomic E-state index is 0.0512. The third-order valence-electron chi connectivity index (χ3n) is 9.06. The third-order valence-corrected chi connectivity index (χ3v) is 9.06. The molecular weight excluding hydrogens is 547 g/mol. The molecule has 3 aromatic rings. The summed E-state index contributed by atoms with van der Waals surface area (Å²) in [6, 6.07) is 10.8. The van der Waals surface area contributed by atoms with Gasteiger partial charge >= 0.3 is 0 Å². The van der Waals surface area contributed by atoms with Crippen LogP contribution in [0.1, 0.15) is 67.9 Å². The Morgan fingerprint density at radius 3 is 2.53 bits per heavy atom. The zero-order valence-corrected chi connectivity index (χ0v) is 25.2. The Labute approximate surface area is 252 Å². The van der Waals surface area contributed by atoms with Gasteiger partial charge in [-0.05, 0) is 81.8 Å². The maximum Gasteiger partial charge on any atom is 0.274 e. The zero-order chi connectivity index (χ0) is 30.3. The molecule has 0 spiro atoms. The second-order valence-corrected chi connectivity index (χ2v) is 11.9. The molecule has 3 atom stereocenters. The molecule has 0 bridgehead atoms. The monoisotopic (exact) mass is 590 g/mol. The maximum absolute atomic E-state index is 14.2. The van der Waals surface area contributed by atoms with Gasteiger partial charge in [0.2, 0.25) is 11.8 Å². The smallest absolute Gasteiger partial charge is 0.274 e. The highest BCUT2D eigenvalue weighted by atomic mass is 19.1. The van der Waals surface area contributed by atoms with Crippen molar-refractivity contribution >= 4 is 23.4 Å². The Hall–Kier alpha value is -3.79. The fourth-order valence-corrected chi connectivity index (χ4v) is 6.40. The first-order chi connectivity index (χ1) is 20.8. The average molecular weight is 591 g/mol. The van der Waals surface area contributed by atoms with Crippen molar-refractivity contribution in [2.75, 3.05) is 26.7 Å². The van der Waals surface area contributed by atoms with Gasteiger partial charge in [0.1, 0.15) is 23.2 Å². The molecule has 1 aliphatic carbocycles. The molecule has 2 fully saturated rings. The van der Waals surface area contributed by atoms with Crippen LogP contribution in [0.2, 0.25) is 0 Å². The molecule has 230 valence electrons. The first-order valence-electron chi connectivity index (χ1n) is 15.6. The van der Waals surface area contributed by atoms with Crippen LogP contribution >= 0.6 is 0 Å². The van der Waals surface area contributed by atoms with E-state index < -0.39 is 12.1 Å². The van der Waals surface area contributed by atoms with E-state index in [1.165, 1.54) is 12.1 Å². The summed E-state index contributed by atoms with van der Waals surface area (Å²) in [6.45, 7) is 3.15. The van der Waals surface area contributed by atoms with Crippen LogP contribution in [0.4, 0.5) is 4.39 Å². The number of likely N-dealkylation sites (tertiary alicyclic amines) is 1. The number of benzene rings is 1. The molecule has 3 amide bonds. The van der Waals surface area contributed by atoms with Crippen LogP contribution in [0, 0.1) is 11.7 Å². The number of carbonyl (C=O) groups excluding carboxylic acids is 3. The third kappa shape index (κ3) is 7.41. The van der Waals surface area contributed by atoms with E-state index in [-0.39, 0.29) is 35.5 Å². The van der Waals surface area contributed by atoms with E-state index in [2.05, 4.69) is 15.6 Å². The van der Waals surface area contributed by atoms with Gasteiger partial charge in [-0.2, -0.15) is 0 Å². The van der Waals surface area contributed by atoms with Crippen LogP contribution < -0.4 is 10.6 Å². The molecule has 1 aromatic carbocycles. The Balaban J connectivity index is 1.36. The number of carbonyl (C=O) groups is 3. The predicted molar refractivity (Wildman–Crippen MR) is 163 cm³/mol. The quantitative estimate of drug-likeness (QED) is 0.354. The number of rotatable bonds is 11. The first kappa shape index (κ1) is 30.7. The van der Waals surface area contributed by atoms with Crippen LogP contribution in [-0.4, -0.2) is 81.7 Å². The van der Waals surface area contributed by atoms with Crippen molar-refractivity contribution in [2.24, 2.45) is 5.92 Å². The number of fused-ring (bicyclic) bond motifs is 1. The number of imidazole rings is 1. The zero-order valence-electron chi connectivity index (χ0n) is 25.2. The van der Waals surface area contributed by atoms with Crippen molar-refractivity contribution in [3.63, 3.8) is 0 Å². The van der Waals surface area contributed by atoms with E-state index in [0.29, 0.717) is 37.4 Å². The van der Waals surface area contributed by atoms with Crippen LogP contribution in [0.15, 0.2) is 54.9 Å². The van der Waals surface area contributed by atoms with Gasteiger partial charge in [-0.25, -0.2) is 9.37 Å². The molecule has 3 unspecified atom stereocenters. The summed E-state index contributed by atoms with van der Waals surface area (Å²) in [5.74, 6) is -0.630. The van der Waals surface area contributed by atoms with Crippen molar-refractivity contribution in [3.8, 4) is 0 Å². The first-order valence-corrected chi connectivity index (χ1v) is 15.6. The van der Waals surface area contributed by atoms with E-state index in [0.717, 1.165) is 50.5 Å². The number of hydrogen-bond donors (Lipinski definition) is 2. The van der Waals surface area contributed by atoms with E-state index in [1.807, 2.05) is 33.7 Å². The van der Waals surface area contributed by atoms with Gasteiger partial charge in [-0.3, -0.25) is 14.4 Å². The lowest BCUT2D eigenvalue weighted by molar-refractivity contribution is -0.139. The number of pyridine rings is 1. The highest BCUT2D eigenvalue weighted by molar-refractivity contribution is 5.93. The number of nitrogens with one attached hydrogen (secondary N) is 2. The number of likely N-dealkylation sites (N-methyl/N-ethyl adjacent to an activating group) is 1. The fourth-order valence-electron chi connectivity index (χ4n) is 6.40. The summed E-state index contributed by atoms with van der Waals surface area (Å²) in [4.78, 5) is 49.3. The molecule has 10 heteroatoms. The Morgan fingerprint density at radius 1 is 1.05 bits per heavy atom. The minimum Gasteiger partial charge on any atom is -0.343 e. The highest BCUT2D eigenvalue weighted by Crippen LogP contribution is 2.30. The number of amides is 3. The van der Waals surface area contributed by atoms with Gasteiger partial charge in [-0.15, -0.1) is 0 Å². The highest BCUT2D eigenvalue weighted by Gasteiger charge is 2.39. The summed E-state index contributed by atoms with van der Waals surface area (Å²) in [7, 11) is 1.73. The van der Waals surface area contributed by atoms with Crippen LogP contribution in [-0.2, 0) is 16.0 Å². The summed E-state index contributed by atoms with van der Waals surface area (Å²) < 4.78 is 15.3. The summed E-state index contributed by atoms with van der Waals surface area (Å²) in [5.41, 5.74) is 1.95. The number of hydrogen-bond acceptors (Lipinski definition) is 5. The molecule has 0 radical (unpaired) electrons. The van der Waals surface area contributed by atoms with E-state index in [9.17, 15) is 18.8 Å². The van der Waals surface area contributed by atoms with Crippen LogP contribution in [0.3, 0.4) is 0 Å². The predicted octanol–water partition coefficient (Wildman–Crippen LogP) is 3.82. The molecule has 43 heavy (non-hydrogen) atoms. The van der Waals surface area contributed by atoms with Crippen LogP contribution in [0.25, 0.3) is 5.65 Å². The van der Waals surface area contributed by atoms with Gasteiger partial charge in [0.15, 0.2) is 0 Å². The number of halogens is 1. The maximum atomic E-state index is 14.2. The number of nitrogens with zero attached hydrogens (tertiary/aromatic N) is 4. The van der Waals surface area contributed by atoms with E-state index in [4.69, 9.17) is 0 Å². The molecule has 2 N–H and O–H groups in total. The van der Waals surface area contributed by atoms with Crippen molar-refractivity contribution in [3.05, 3.63) is 71.9 Å². The van der Waals surface area contributed by atoms with Crippen molar-refractivity contribution < 1.29 is 18.8 Å². The average Bonchev–Trinajstić information content (AvgIpc) is 3.69. The van der Waals surface area contributed by atoms with Gasteiger partial charge in [0, 0.05) is 38.1 Å². The second kappa shape index (κ2) is 14.1. The fraction of sp³-hybridized carbons (Fsp3) is 0.515. The van der Waals surface area contributed by atoms with Gasteiger partial charge < -0.3 is 24.8 Å². The van der Waals surface area contributed by atoms with Crippen molar-refractivity contribution in [2.45, 2.75) is 76.4 Å². The van der Waals surface area contributed by atoms with Gasteiger partial charge in [-0.1, -0.05) is 37.5 Å². The lowest BCUT2D eigenvalue weighted by atomic mass is 9.83. The Kier molecular flexibility index (Phi) is 10.1. The standard InChI is InChI=1S/C33H43FN6O3/c1-23(35-2)31(41)37-30(25-9-4-3-5-10-25)33(43)40-19-8-11-27(40)21-39(20-17-24-13-15-26(34)16-14-24)32(42)28-22-38-18-7-6-12-29(38)36-28/h6-7,12-16,18,22-23,25,27,30,35H,3-5,8-11,17,19-21H2,1-2H3,(H,37,41). The Morgan fingerprint density at radius 2 is 1.81 bits per heavy atom. The minimum atomic E-state index is -0.578. The van der Waals surface area contributed by atoms with E-state index in [1.54, 1.807) is 37.2 Å². The molecule has 2 aliphatic rings. The summed E-state index contributed by atoms with van der Waals surface area (Å²) in [6.07, 6.45) is 10.8. The number of aromatic nitrogens is 2. The molecule has 9 nitrogen and oxygen atoms in total. The van der Waals surface area contributed by atoms with Crippen molar-refractivity contribution in [1.29, 1.82) is 0 Å². The lowest BCUT2D eigenvalue weighted by Crippen LogP contribution is -2.57. The molecule has 1 saturated heterocycles. The Bertz CT molecular complexity index is 1370. The summed E-state index contributed by atoms with van der Waals surface area (Å²) >= 11 is 0. The SMILES string of the molecule is CNC(C)C(=O)NC(C(=O)N1CCCC1CN(CCc1ccc(F)cc1)C(=O)c1cn2ccccc2n1)C1CCCCC1. The molecule has 1 saturated carbocycles. The summed E-state index contributed by atoms with van der Waals surface area (Å²) in [5, 5.41) is 6.06. The van der Waals surface area contributed by atoms with Crippen molar-refractivity contribution in [1.82, 2.24) is 29.8 Å². The normalized spacial score (nSPS) is 18.9. The topological polar surface area (TPSA) is 99.0 Å². The van der Waals surface area contributed by atoms with E-state index >= 15 is 0 Å². The lowest BCUT2D eigenvalue weighted by Gasteiger charge is -2.37. The molecule has 5 rings (SSSR count). The molecule has 3 heterocycles. The van der Waals surface area contributed by atoms with Gasteiger partial charge in [0.05, 0.1) is 6.04 Å². The largest absolute Gasteiger partial charge is 0.343 e. The molecule has 2 aromatic heterocycles. The molecular formula is C33H43FN6O3. The van der Waals surface area contributed by atoms with Gasteiger partial charge in [0.25, 0.3) is 5.91 Å². The van der Waals surface area contributed by atoms with Crippen LogP contribution in [0.5, 0.6) is 0 Å². The second-order valence-electron chi connectivity index (χ2n) is 11.9. The molecule has 1 aliphatic heterocycles.